The molecule has 0 aromatic heterocycles. The maximum Gasteiger partial charge on any atom is 0.416 e. The molecule has 2 nitrogen and oxygen atoms in total. The van der Waals surface area contributed by atoms with Crippen LogP contribution in [0, 0.1) is 5.41 Å². The summed E-state index contributed by atoms with van der Waals surface area (Å²) in [5.41, 5.74) is 2.05. The zero-order valence-electron chi connectivity index (χ0n) is 10.7. The third-order valence-corrected chi connectivity index (χ3v) is 3.59. The molecule has 0 fully saturated rings. The molecule has 1 aromatic carbocycles. The van der Waals surface area contributed by atoms with Crippen LogP contribution in [-0.2, 0) is 11.8 Å². The average molecular weight is 261 g/mol. The van der Waals surface area contributed by atoms with Crippen LogP contribution in [0.15, 0.2) is 24.3 Å². The van der Waals surface area contributed by atoms with Crippen LogP contribution in [0.1, 0.15) is 31.9 Å². The molecule has 0 radical (unpaired) electrons. The van der Waals surface area contributed by atoms with Gasteiger partial charge in [-0.2, -0.15) is 13.2 Å². The lowest BCUT2D eigenvalue weighted by Gasteiger charge is -2.40. The summed E-state index contributed by atoms with van der Waals surface area (Å²) in [6.45, 7) is 4.72. The zero-order valence-corrected chi connectivity index (χ0v) is 10.7. The number of hydrogen-bond acceptors (Lipinski definition) is 2. The first kappa shape index (κ1) is 15.0. The van der Waals surface area contributed by atoms with Crippen molar-refractivity contribution in [1.29, 1.82) is 0 Å². The van der Waals surface area contributed by atoms with E-state index in [9.17, 15) is 18.3 Å². The van der Waals surface area contributed by atoms with Gasteiger partial charge in [-0.25, -0.2) is 0 Å². The minimum atomic E-state index is -4.49. The Morgan fingerprint density at radius 1 is 1.06 bits per heavy atom. The van der Waals surface area contributed by atoms with Crippen molar-refractivity contribution in [2.45, 2.75) is 32.5 Å². The summed E-state index contributed by atoms with van der Waals surface area (Å²) in [4.78, 5) is 0. The van der Waals surface area contributed by atoms with E-state index in [-0.39, 0.29) is 12.1 Å². The Labute approximate surface area is 105 Å². The predicted octanol–water partition coefficient (Wildman–Crippen LogP) is 2.90. The number of hydrogen-bond donors (Lipinski definition) is 2. The summed E-state index contributed by atoms with van der Waals surface area (Å²) in [6, 6.07) is 5.04. The molecule has 1 aromatic rings. The Balaban J connectivity index is 3.43. The Kier molecular flexibility index (Phi) is 3.79. The third kappa shape index (κ3) is 2.52. The van der Waals surface area contributed by atoms with E-state index in [1.54, 1.807) is 13.8 Å². The number of halogens is 3. The molecule has 102 valence electrons. The maximum absolute atomic E-state index is 12.9. The van der Waals surface area contributed by atoms with Crippen LogP contribution in [-0.4, -0.2) is 11.7 Å². The highest BCUT2D eigenvalue weighted by Gasteiger charge is 2.45. The van der Waals surface area contributed by atoms with Crippen molar-refractivity contribution in [3.8, 4) is 0 Å². The van der Waals surface area contributed by atoms with Crippen molar-refractivity contribution >= 4 is 0 Å². The van der Waals surface area contributed by atoms with E-state index in [0.717, 1.165) is 6.07 Å². The van der Waals surface area contributed by atoms with Crippen molar-refractivity contribution in [3.63, 3.8) is 0 Å². The van der Waals surface area contributed by atoms with Crippen LogP contribution in [0.3, 0.4) is 0 Å². The Morgan fingerprint density at radius 3 is 1.89 bits per heavy atom. The average Bonchev–Trinajstić information content (AvgIpc) is 2.27. The molecular weight excluding hydrogens is 243 g/mol. The SMILES string of the molecule is CC(C)(CN)C(C)(O)c1ccccc1C(F)(F)F. The van der Waals surface area contributed by atoms with Crippen LogP contribution < -0.4 is 5.73 Å². The van der Waals surface area contributed by atoms with Gasteiger partial charge in [0.2, 0.25) is 0 Å². The van der Waals surface area contributed by atoms with Crippen LogP contribution >= 0.6 is 0 Å². The molecule has 5 heteroatoms. The minimum Gasteiger partial charge on any atom is -0.385 e. The molecule has 0 aliphatic heterocycles. The number of alkyl halides is 3. The first-order valence-electron chi connectivity index (χ1n) is 5.63. The molecule has 0 bridgehead atoms. The second kappa shape index (κ2) is 4.55. The van der Waals surface area contributed by atoms with Crippen LogP contribution in [0.25, 0.3) is 0 Å². The van der Waals surface area contributed by atoms with E-state index in [4.69, 9.17) is 5.73 Å². The number of benzene rings is 1. The lowest BCUT2D eigenvalue weighted by Crippen LogP contribution is -2.45. The third-order valence-electron chi connectivity index (χ3n) is 3.59. The summed E-state index contributed by atoms with van der Waals surface area (Å²) in [6.07, 6.45) is -4.49. The van der Waals surface area contributed by atoms with Gasteiger partial charge in [-0.1, -0.05) is 32.0 Å². The van der Waals surface area contributed by atoms with Crippen LogP contribution in [0.4, 0.5) is 13.2 Å². The highest BCUT2D eigenvalue weighted by molar-refractivity contribution is 5.35. The standard InChI is InChI=1S/C13H18F3NO/c1-11(2,8-17)12(3,18)9-6-4-5-7-10(9)13(14,15)16/h4-7,18H,8,17H2,1-3H3. The summed E-state index contributed by atoms with van der Waals surface area (Å²) in [7, 11) is 0. The highest BCUT2D eigenvalue weighted by atomic mass is 19.4. The summed E-state index contributed by atoms with van der Waals surface area (Å²) < 4.78 is 38.8. The molecular formula is C13H18F3NO. The van der Waals surface area contributed by atoms with E-state index in [1.807, 2.05) is 0 Å². The molecule has 0 heterocycles. The summed E-state index contributed by atoms with van der Waals surface area (Å²) in [5.74, 6) is 0. The zero-order chi connectivity index (χ0) is 14.2. The Morgan fingerprint density at radius 2 is 1.50 bits per heavy atom. The molecule has 0 amide bonds. The van der Waals surface area contributed by atoms with Crippen molar-refractivity contribution in [1.82, 2.24) is 0 Å². The van der Waals surface area contributed by atoms with Gasteiger partial charge < -0.3 is 10.8 Å². The van der Waals surface area contributed by atoms with E-state index in [0.29, 0.717) is 0 Å². The summed E-state index contributed by atoms with van der Waals surface area (Å²) >= 11 is 0. The molecule has 0 spiro atoms. The molecule has 0 saturated carbocycles. The monoisotopic (exact) mass is 261 g/mol. The van der Waals surface area contributed by atoms with Crippen molar-refractivity contribution in [3.05, 3.63) is 35.4 Å². The van der Waals surface area contributed by atoms with Gasteiger partial charge in [0.05, 0.1) is 11.2 Å². The number of rotatable bonds is 3. The van der Waals surface area contributed by atoms with Crippen molar-refractivity contribution in [2.24, 2.45) is 11.1 Å². The molecule has 18 heavy (non-hydrogen) atoms. The smallest absolute Gasteiger partial charge is 0.385 e. The maximum atomic E-state index is 12.9. The van der Waals surface area contributed by atoms with Gasteiger partial charge >= 0.3 is 6.18 Å². The first-order valence-corrected chi connectivity index (χ1v) is 5.63. The fraction of sp³-hybridized carbons (Fsp3) is 0.538. The van der Waals surface area contributed by atoms with E-state index in [2.05, 4.69) is 0 Å². The van der Waals surface area contributed by atoms with Gasteiger partial charge in [0.15, 0.2) is 0 Å². The molecule has 0 aliphatic rings. The Bertz CT molecular complexity index is 424. The molecule has 1 atom stereocenters. The van der Waals surface area contributed by atoms with Crippen LogP contribution in [0.5, 0.6) is 0 Å². The topological polar surface area (TPSA) is 46.2 Å². The number of aliphatic hydroxyl groups is 1. The number of nitrogens with two attached hydrogens (primary N) is 1. The van der Waals surface area contributed by atoms with Gasteiger partial charge in [-0.15, -0.1) is 0 Å². The normalized spacial score (nSPS) is 16.4. The molecule has 0 saturated heterocycles. The van der Waals surface area contributed by atoms with Gasteiger partial charge in [-0.05, 0) is 18.6 Å². The van der Waals surface area contributed by atoms with E-state index in [1.165, 1.54) is 25.1 Å². The Hall–Kier alpha value is -1.07. The fourth-order valence-electron chi connectivity index (χ4n) is 1.72. The van der Waals surface area contributed by atoms with Gasteiger partial charge in [0.25, 0.3) is 0 Å². The molecule has 3 N–H and O–H groups in total. The predicted molar refractivity (Wildman–Crippen MR) is 63.9 cm³/mol. The minimum absolute atomic E-state index is 0.0756. The van der Waals surface area contributed by atoms with E-state index >= 15 is 0 Å². The van der Waals surface area contributed by atoms with Crippen molar-refractivity contribution in [2.75, 3.05) is 6.54 Å². The van der Waals surface area contributed by atoms with Crippen LogP contribution in [0.2, 0.25) is 0 Å². The summed E-state index contributed by atoms with van der Waals surface area (Å²) in [5, 5.41) is 10.5. The van der Waals surface area contributed by atoms with E-state index < -0.39 is 22.8 Å². The first-order chi connectivity index (χ1) is 8.04. The van der Waals surface area contributed by atoms with Gasteiger partial charge in [0, 0.05) is 12.0 Å². The second-order valence-corrected chi connectivity index (χ2v) is 5.20. The van der Waals surface area contributed by atoms with Gasteiger partial charge in [-0.3, -0.25) is 0 Å². The fourth-order valence-corrected chi connectivity index (χ4v) is 1.72. The highest BCUT2D eigenvalue weighted by Crippen LogP contribution is 2.44. The molecule has 1 unspecified atom stereocenters. The largest absolute Gasteiger partial charge is 0.416 e. The lowest BCUT2D eigenvalue weighted by atomic mass is 9.71. The lowest BCUT2D eigenvalue weighted by molar-refractivity contribution is -0.143. The van der Waals surface area contributed by atoms with Crippen molar-refractivity contribution < 1.29 is 18.3 Å². The molecule has 1 rings (SSSR count). The molecule has 0 aliphatic carbocycles. The second-order valence-electron chi connectivity index (χ2n) is 5.20. The quantitative estimate of drug-likeness (QED) is 0.878. The van der Waals surface area contributed by atoms with Gasteiger partial charge in [0.1, 0.15) is 0 Å².